The van der Waals surface area contributed by atoms with E-state index < -0.39 is 24.7 Å². The molecule has 0 aliphatic carbocycles. The zero-order valence-corrected chi connectivity index (χ0v) is 14.1. The fourth-order valence-electron chi connectivity index (χ4n) is 0.605. The molecule has 7 heteroatoms. The van der Waals surface area contributed by atoms with Crippen molar-refractivity contribution in [1.82, 2.24) is 0 Å². The molecule has 2 nitrogen and oxygen atoms in total. The summed E-state index contributed by atoms with van der Waals surface area (Å²) in [6.45, 7) is 0.845. The first-order chi connectivity index (χ1) is 5.86. The van der Waals surface area contributed by atoms with Crippen molar-refractivity contribution < 1.29 is 27.1 Å². The van der Waals surface area contributed by atoms with Gasteiger partial charge in [-0.3, -0.25) is 4.79 Å². The number of esters is 1. The van der Waals surface area contributed by atoms with Crippen molar-refractivity contribution in [2.75, 3.05) is 6.61 Å². The standard InChI is InChI=1S/C7H9F4O2.Sg/c1-5(12)13-4-2-3-7(10,11)6(8)9;/h2-4H2,1H3;/q-1;. The quantitative estimate of drug-likeness (QED) is 0.267. The number of hydrogen-bond donors (Lipinski definition) is 0. The van der Waals surface area contributed by atoms with Gasteiger partial charge in [0.2, 0.25) is 0 Å². The van der Waals surface area contributed by atoms with Gasteiger partial charge >= 0.3 is 5.97 Å². The molecule has 0 radical (unpaired) electrons. The van der Waals surface area contributed by atoms with Gasteiger partial charge in [-0.15, -0.1) is 0 Å². The molecule has 0 unspecified atom stereocenters. The predicted molar refractivity (Wildman–Crippen MR) is 36.3 cm³/mol. The smallest absolute Gasteiger partial charge is 0.302 e. The van der Waals surface area contributed by atoms with Crippen molar-refractivity contribution in [3.63, 3.8) is 0 Å². The van der Waals surface area contributed by atoms with Crippen LogP contribution in [-0.2, 0) is 9.53 Å². The molecule has 0 bridgehead atoms. The van der Waals surface area contributed by atoms with Crippen LogP contribution in [0.25, 0.3) is 0 Å². The van der Waals surface area contributed by atoms with Crippen molar-refractivity contribution in [2.24, 2.45) is 0 Å². The average molecular weight is 470 g/mol. The minimum Gasteiger partial charge on any atom is -0.466 e. The molecule has 80 valence electrons. The second kappa shape index (κ2) is 5.77. The van der Waals surface area contributed by atoms with Crippen LogP contribution >= 0.6 is 0 Å². The maximum absolute atomic E-state index is 12.1. The molecule has 0 aliphatic heterocycles. The number of ether oxygens (including phenoxy) is 1. The van der Waals surface area contributed by atoms with E-state index in [0.717, 1.165) is 6.92 Å². The Bertz CT molecular complexity index is 175. The third kappa shape index (κ3) is 5.79. The Morgan fingerprint density at radius 1 is 1.43 bits per heavy atom. The van der Waals surface area contributed by atoms with Gasteiger partial charge in [-0.1, -0.05) is 0 Å². The molecule has 0 saturated heterocycles. The molecule has 0 N–H and O–H groups in total. The summed E-state index contributed by atoms with van der Waals surface area (Å²) in [6, 6.07) is 0. The van der Waals surface area contributed by atoms with Gasteiger partial charge in [-0.2, -0.15) is 0 Å². The molecular weight excluding hydrogens is 461 g/mol. The number of carbonyl (C=O) groups is 1. The number of carbonyl (C=O) groups excluding carboxylic acids is 1. The fourth-order valence-corrected chi connectivity index (χ4v) is 0.605. The Hall–Kier alpha value is -1.81. The molecule has 0 aromatic rings. The molecular formula is C7H9F4O2Sg-. The molecule has 0 heterocycles. The predicted octanol–water partition coefficient (Wildman–Crippen LogP) is 2.39. The second-order valence-electron chi connectivity index (χ2n) is 2.41. The molecule has 0 saturated carbocycles. The number of halogens is 4. The van der Waals surface area contributed by atoms with Crippen LogP contribution in [-0.4, -0.2) is 18.5 Å². The molecule has 0 atom stereocenters. The fraction of sp³-hybridized carbons (Fsp3) is 0.714. The van der Waals surface area contributed by atoms with Crippen molar-refractivity contribution in [1.29, 1.82) is 0 Å². The van der Waals surface area contributed by atoms with Crippen LogP contribution in [0.4, 0.5) is 17.6 Å². The SMILES string of the molecule is CC(=O)OCCCC(F)(F)[C-](F)F.[Sg]. The molecule has 0 rings (SSSR count). The third-order valence-electron chi connectivity index (χ3n) is 1.22. The van der Waals surface area contributed by atoms with Crippen molar-refractivity contribution in [2.45, 2.75) is 25.7 Å². The summed E-state index contributed by atoms with van der Waals surface area (Å²) in [4.78, 5) is 10.1. The largest absolute Gasteiger partial charge is 0.466 e. The van der Waals surface area contributed by atoms with Crippen molar-refractivity contribution >= 4 is 5.97 Å². The van der Waals surface area contributed by atoms with E-state index in [0.29, 0.717) is 0 Å². The van der Waals surface area contributed by atoms with Gasteiger partial charge in [0.25, 0.3) is 0 Å². The van der Waals surface area contributed by atoms with Crippen LogP contribution in [0.15, 0.2) is 0 Å². The van der Waals surface area contributed by atoms with Crippen LogP contribution in [0.2, 0.25) is 0 Å². The van der Waals surface area contributed by atoms with E-state index in [1.165, 1.54) is 0 Å². The molecule has 0 spiro atoms. The Kier molecular flexibility index (Phi) is 6.06. The van der Waals surface area contributed by atoms with Gasteiger partial charge in [0, 0.05) is 6.92 Å². The average Bonchev–Trinajstić information content (AvgIpc) is 1.97. The van der Waals surface area contributed by atoms with Crippen LogP contribution in [0.5, 0.6) is 0 Å². The number of rotatable bonds is 5. The Morgan fingerprint density at radius 3 is 2.29 bits per heavy atom. The van der Waals surface area contributed by atoms with Crippen LogP contribution in [0, 0.1) is 6.43 Å². The molecule has 0 fully saturated rings. The van der Waals surface area contributed by atoms with Crippen LogP contribution < -0.4 is 0 Å². The third-order valence-corrected chi connectivity index (χ3v) is 1.22. The van der Waals surface area contributed by atoms with E-state index in [1.54, 1.807) is 0 Å². The van der Waals surface area contributed by atoms with Crippen molar-refractivity contribution in [3.8, 4) is 0 Å². The van der Waals surface area contributed by atoms with Gasteiger partial charge in [0.05, 0.1) is 13.0 Å². The number of alkyl halides is 2. The summed E-state index contributed by atoms with van der Waals surface area (Å²) >= 11 is 0. The Balaban J connectivity index is 0. The summed E-state index contributed by atoms with van der Waals surface area (Å²) < 4.78 is 51.5. The molecule has 0 aliphatic rings. The van der Waals surface area contributed by atoms with Crippen molar-refractivity contribution in [3.05, 3.63) is 6.43 Å². The minimum atomic E-state index is -4.07. The zero-order chi connectivity index (χ0) is 10.5. The maximum atomic E-state index is 12.1. The van der Waals surface area contributed by atoms with E-state index in [-0.39, 0.29) is 13.0 Å². The summed E-state index contributed by atoms with van der Waals surface area (Å²) in [6.07, 6.45) is -4.21. The summed E-state index contributed by atoms with van der Waals surface area (Å²) in [5, 5.41) is 0. The second-order valence-corrected chi connectivity index (χ2v) is 2.41. The van der Waals surface area contributed by atoms with E-state index in [4.69, 9.17) is 0 Å². The topological polar surface area (TPSA) is 26.3 Å². The maximum Gasteiger partial charge on any atom is 0.302 e. The van der Waals surface area contributed by atoms with E-state index in [2.05, 4.69) is 4.74 Å². The Morgan fingerprint density at radius 2 is 1.93 bits per heavy atom. The summed E-state index contributed by atoms with van der Waals surface area (Å²) in [5.41, 5.74) is 0. The zero-order valence-electron chi connectivity index (χ0n) is 7.66. The molecule has 0 amide bonds. The van der Waals surface area contributed by atoms with E-state index in [9.17, 15) is 22.4 Å². The first kappa shape index (κ1) is 14.7. The van der Waals surface area contributed by atoms with Gasteiger partial charge in [-0.25, -0.2) is 8.78 Å². The first-order valence-electron chi connectivity index (χ1n) is 3.56. The van der Waals surface area contributed by atoms with Gasteiger partial charge in [0.1, 0.15) is 0 Å². The van der Waals surface area contributed by atoms with E-state index in [1.807, 2.05) is 0 Å². The van der Waals surface area contributed by atoms with Crippen LogP contribution in [0.3, 0.4) is 0 Å². The van der Waals surface area contributed by atoms with Gasteiger partial charge in [0.15, 0.2) is 5.92 Å². The summed E-state index contributed by atoms with van der Waals surface area (Å²) in [5.74, 6) is -4.69. The normalized spacial score (nSPS) is 11.0. The molecule has 0 aromatic carbocycles. The first-order valence-corrected chi connectivity index (χ1v) is 3.56. The molecule has 14 heavy (non-hydrogen) atoms. The Labute approximate surface area is 72.9 Å². The monoisotopic (exact) mass is 472 g/mol. The van der Waals surface area contributed by atoms with Crippen LogP contribution in [0.1, 0.15) is 19.8 Å². The molecule has 0 aromatic heterocycles. The van der Waals surface area contributed by atoms with Gasteiger partial charge < -0.3 is 13.5 Å². The number of hydrogen-bond acceptors (Lipinski definition) is 2. The minimum absolute atomic E-state index is 0. The summed E-state index contributed by atoms with van der Waals surface area (Å²) in [7, 11) is 0. The van der Waals surface area contributed by atoms with E-state index >= 15 is 0 Å². The van der Waals surface area contributed by atoms with Gasteiger partial charge in [-0.05, 0) is 12.8 Å².